The monoisotopic (exact) mass is 658 g/mol. The Hall–Kier alpha value is -4.55. The maximum Gasteiger partial charge on any atom is 0.271 e. The largest absolute Gasteiger partial charge is 0.481 e. The Labute approximate surface area is 275 Å². The molecule has 0 spiro atoms. The van der Waals surface area contributed by atoms with Gasteiger partial charge in [-0.25, -0.2) is 14.5 Å². The highest BCUT2D eigenvalue weighted by molar-refractivity contribution is 6.39. The zero-order valence-corrected chi connectivity index (χ0v) is 26.5. The number of ether oxygens (including phenoxy) is 1. The van der Waals surface area contributed by atoms with E-state index in [1.165, 1.54) is 0 Å². The van der Waals surface area contributed by atoms with Crippen LogP contribution in [-0.4, -0.2) is 64.2 Å². The van der Waals surface area contributed by atoms with Crippen molar-refractivity contribution in [3.8, 4) is 39.5 Å². The number of pyridine rings is 1. The average molecular weight is 660 g/mol. The first-order chi connectivity index (χ1) is 22.4. The highest BCUT2D eigenvalue weighted by Crippen LogP contribution is 2.42. The van der Waals surface area contributed by atoms with Crippen LogP contribution in [0.15, 0.2) is 66.9 Å². The summed E-state index contributed by atoms with van der Waals surface area (Å²) in [6.07, 6.45) is 2.97. The van der Waals surface area contributed by atoms with E-state index in [0.717, 1.165) is 28.7 Å². The van der Waals surface area contributed by atoms with E-state index in [2.05, 4.69) is 26.0 Å². The summed E-state index contributed by atoms with van der Waals surface area (Å²) in [7, 11) is 1.59. The van der Waals surface area contributed by atoms with E-state index in [0.29, 0.717) is 71.1 Å². The van der Waals surface area contributed by atoms with Crippen LogP contribution in [0.5, 0.6) is 5.88 Å². The lowest BCUT2D eigenvalue weighted by Gasteiger charge is -2.15. The predicted octanol–water partition coefficient (Wildman–Crippen LogP) is 4.50. The fourth-order valence-corrected chi connectivity index (χ4v) is 6.08. The van der Waals surface area contributed by atoms with Crippen molar-refractivity contribution in [2.75, 3.05) is 26.7 Å². The molecule has 4 heterocycles. The maximum atomic E-state index is 12.4. The smallest absolute Gasteiger partial charge is 0.271 e. The number of rotatable bonds is 11. The molecule has 1 atom stereocenters. The van der Waals surface area contributed by atoms with Crippen LogP contribution in [0.4, 0.5) is 0 Å². The van der Waals surface area contributed by atoms with Gasteiger partial charge >= 0.3 is 0 Å². The molecule has 5 aromatic rings. The van der Waals surface area contributed by atoms with Crippen LogP contribution in [0.3, 0.4) is 0 Å². The number of fused-ring (bicyclic) bond motifs is 1. The standard InChI is InChI=1S/C33H32Cl2N8O3/c1-46-33-19(16-37-17-20-9-13-29(44)39-20)8-10-25(41-33)23-6-2-4-21(30(23)34)22-5-3-7-24(31(22)35)26-11-12-28-40-27(18-43(28)42-26)32(45)38-15-14-36/h2-8,10-12,18,20,37H,9,13-17,36H2,1H3,(H,38,45)(H,39,44)/t20-/m1/s1. The van der Waals surface area contributed by atoms with E-state index in [4.69, 9.17) is 38.7 Å². The molecule has 1 fully saturated rings. The minimum Gasteiger partial charge on any atom is -0.481 e. The lowest BCUT2D eigenvalue weighted by atomic mass is 9.98. The van der Waals surface area contributed by atoms with E-state index in [9.17, 15) is 9.59 Å². The number of hydrogen-bond acceptors (Lipinski definition) is 8. The third-order valence-corrected chi connectivity index (χ3v) is 8.56. The molecular formula is C33H32Cl2N8O3. The van der Waals surface area contributed by atoms with E-state index in [1.807, 2.05) is 54.6 Å². The number of imidazole rings is 1. The minimum atomic E-state index is -0.318. The minimum absolute atomic E-state index is 0.0928. The number of benzene rings is 2. The first-order valence-electron chi connectivity index (χ1n) is 14.8. The SMILES string of the molecule is COc1nc(-c2cccc(-c3cccc(-c4ccc5nc(C(=O)NCCN)cn5n4)c3Cl)c2Cl)ccc1CNC[C@H]1CCC(=O)N1. The van der Waals surface area contributed by atoms with E-state index >= 15 is 0 Å². The molecular weight excluding hydrogens is 627 g/mol. The fraction of sp³-hybridized carbons (Fsp3) is 0.242. The van der Waals surface area contributed by atoms with Crippen LogP contribution in [-0.2, 0) is 11.3 Å². The fourth-order valence-electron chi connectivity index (χ4n) is 5.43. The topological polar surface area (TPSA) is 149 Å². The Bertz CT molecular complexity index is 1930. The van der Waals surface area contributed by atoms with Gasteiger partial charge in [-0.15, -0.1) is 0 Å². The number of halogens is 2. The van der Waals surface area contributed by atoms with Crippen molar-refractivity contribution in [3.63, 3.8) is 0 Å². The molecule has 3 aromatic heterocycles. The Morgan fingerprint density at radius 1 is 1.00 bits per heavy atom. The van der Waals surface area contributed by atoms with Gasteiger partial charge in [-0.05, 0) is 24.6 Å². The van der Waals surface area contributed by atoms with Gasteiger partial charge < -0.3 is 26.4 Å². The number of methoxy groups -OCH3 is 1. The molecule has 13 heteroatoms. The lowest BCUT2D eigenvalue weighted by Crippen LogP contribution is -2.35. The molecule has 0 aliphatic carbocycles. The second-order valence-corrected chi connectivity index (χ2v) is 11.6. The van der Waals surface area contributed by atoms with E-state index in [-0.39, 0.29) is 23.6 Å². The van der Waals surface area contributed by atoms with Gasteiger partial charge in [0.05, 0.1) is 34.7 Å². The number of carbonyl (C=O) groups is 2. The molecule has 0 saturated carbocycles. The summed E-state index contributed by atoms with van der Waals surface area (Å²) in [4.78, 5) is 33.0. The number of nitrogens with one attached hydrogen (secondary N) is 3. The van der Waals surface area contributed by atoms with Crippen molar-refractivity contribution in [2.45, 2.75) is 25.4 Å². The summed E-state index contributed by atoms with van der Waals surface area (Å²) >= 11 is 14.1. The van der Waals surface area contributed by atoms with Gasteiger partial charge in [0.2, 0.25) is 11.8 Å². The summed E-state index contributed by atoms with van der Waals surface area (Å²) in [5.74, 6) is 0.263. The second-order valence-electron chi connectivity index (χ2n) is 10.8. The molecule has 236 valence electrons. The van der Waals surface area contributed by atoms with Crippen LogP contribution in [0.25, 0.3) is 39.3 Å². The number of aromatic nitrogens is 4. The summed E-state index contributed by atoms with van der Waals surface area (Å²) in [5.41, 5.74) is 11.3. The van der Waals surface area contributed by atoms with E-state index in [1.54, 1.807) is 23.9 Å². The predicted molar refractivity (Wildman–Crippen MR) is 178 cm³/mol. The number of nitrogens with two attached hydrogens (primary N) is 1. The molecule has 2 amide bonds. The second kappa shape index (κ2) is 13.8. The molecule has 11 nitrogen and oxygen atoms in total. The van der Waals surface area contributed by atoms with E-state index < -0.39 is 0 Å². The molecule has 1 saturated heterocycles. The van der Waals surface area contributed by atoms with Gasteiger partial charge in [-0.2, -0.15) is 5.10 Å². The van der Waals surface area contributed by atoms with Crippen molar-refractivity contribution in [2.24, 2.45) is 5.73 Å². The number of carbonyl (C=O) groups excluding carboxylic acids is 2. The van der Waals surface area contributed by atoms with Crippen LogP contribution in [0.2, 0.25) is 10.0 Å². The molecule has 0 radical (unpaired) electrons. The average Bonchev–Trinajstić information content (AvgIpc) is 3.69. The van der Waals surface area contributed by atoms with Gasteiger partial charge in [0.25, 0.3) is 5.91 Å². The highest BCUT2D eigenvalue weighted by atomic mass is 35.5. The van der Waals surface area contributed by atoms with Crippen LogP contribution >= 0.6 is 23.2 Å². The molecule has 1 aliphatic heterocycles. The molecule has 0 bridgehead atoms. The lowest BCUT2D eigenvalue weighted by molar-refractivity contribution is -0.119. The number of amides is 2. The maximum absolute atomic E-state index is 12.4. The third-order valence-electron chi connectivity index (χ3n) is 7.75. The Balaban J connectivity index is 1.26. The summed E-state index contributed by atoms with van der Waals surface area (Å²) in [5, 5.41) is 14.7. The van der Waals surface area contributed by atoms with Crippen molar-refractivity contribution in [1.82, 2.24) is 35.5 Å². The molecule has 1 aliphatic rings. The summed E-state index contributed by atoms with van der Waals surface area (Å²) in [6, 6.07) is 19.0. The molecule has 0 unspecified atom stereocenters. The van der Waals surface area contributed by atoms with Crippen molar-refractivity contribution in [1.29, 1.82) is 0 Å². The Morgan fingerprint density at radius 2 is 1.70 bits per heavy atom. The number of nitrogens with zero attached hydrogens (tertiary/aromatic N) is 4. The summed E-state index contributed by atoms with van der Waals surface area (Å²) in [6.45, 7) is 1.90. The number of hydrogen-bond donors (Lipinski definition) is 4. The van der Waals surface area contributed by atoms with Crippen LogP contribution in [0.1, 0.15) is 28.9 Å². The Kier molecular flexibility index (Phi) is 9.46. The Morgan fingerprint density at radius 3 is 2.37 bits per heavy atom. The molecule has 46 heavy (non-hydrogen) atoms. The van der Waals surface area contributed by atoms with Crippen molar-refractivity contribution < 1.29 is 14.3 Å². The van der Waals surface area contributed by atoms with Gasteiger partial charge in [0.15, 0.2) is 5.65 Å². The van der Waals surface area contributed by atoms with Gasteiger partial charge in [-0.1, -0.05) is 65.7 Å². The van der Waals surface area contributed by atoms with Gasteiger partial charge in [0.1, 0.15) is 5.69 Å². The van der Waals surface area contributed by atoms with Gasteiger partial charge in [-0.3, -0.25) is 9.59 Å². The third kappa shape index (κ3) is 6.54. The molecule has 2 aromatic carbocycles. The molecule has 5 N–H and O–H groups in total. The van der Waals surface area contributed by atoms with Crippen molar-refractivity contribution in [3.05, 3.63) is 88.2 Å². The summed E-state index contributed by atoms with van der Waals surface area (Å²) < 4.78 is 7.17. The van der Waals surface area contributed by atoms with Crippen LogP contribution in [0, 0.1) is 0 Å². The first-order valence-corrected chi connectivity index (χ1v) is 15.6. The molecule has 6 rings (SSSR count). The highest BCUT2D eigenvalue weighted by Gasteiger charge is 2.21. The first kappa shape index (κ1) is 31.4. The zero-order chi connectivity index (χ0) is 32.2. The van der Waals surface area contributed by atoms with Crippen molar-refractivity contribution >= 4 is 40.7 Å². The van der Waals surface area contributed by atoms with Gasteiger partial charge in [0, 0.05) is 66.5 Å². The quantitative estimate of drug-likeness (QED) is 0.162. The zero-order valence-electron chi connectivity index (χ0n) is 25.0. The van der Waals surface area contributed by atoms with Crippen LogP contribution < -0.4 is 26.4 Å². The normalized spacial score (nSPS) is 14.4.